The summed E-state index contributed by atoms with van der Waals surface area (Å²) in [6.45, 7) is 1.73. The van der Waals surface area contributed by atoms with Crippen LogP contribution in [-0.2, 0) is 0 Å². The topological polar surface area (TPSA) is 79.2 Å². The zero-order chi connectivity index (χ0) is 12.3. The molecule has 0 fully saturated rings. The van der Waals surface area contributed by atoms with Crippen LogP contribution >= 0.6 is 12.2 Å². The fourth-order valence-corrected chi connectivity index (χ4v) is 1.31. The quantitative estimate of drug-likeness (QED) is 0.734. The van der Waals surface area contributed by atoms with E-state index >= 15 is 0 Å². The number of aromatic amines is 1. The Balaban J connectivity index is 2.94. The van der Waals surface area contributed by atoms with E-state index in [1.54, 1.807) is 14.0 Å². The lowest BCUT2D eigenvalue weighted by Crippen LogP contribution is -2.42. The van der Waals surface area contributed by atoms with Gasteiger partial charge in [-0.25, -0.2) is 0 Å². The second-order valence-corrected chi connectivity index (χ2v) is 3.91. The van der Waals surface area contributed by atoms with Crippen molar-refractivity contribution in [2.24, 2.45) is 5.73 Å². The molecule has 1 amide bonds. The van der Waals surface area contributed by atoms with Gasteiger partial charge in [0.05, 0.1) is 11.0 Å². The van der Waals surface area contributed by atoms with Gasteiger partial charge in [-0.15, -0.1) is 0 Å². The number of amides is 1. The average Bonchev–Trinajstić information content (AvgIpc) is 2.26. The minimum absolute atomic E-state index is 0.237. The first-order valence-electron chi connectivity index (χ1n) is 4.68. The lowest BCUT2D eigenvalue weighted by atomic mass is 10.2. The second kappa shape index (κ2) is 4.89. The highest BCUT2D eigenvalue weighted by molar-refractivity contribution is 7.80. The van der Waals surface area contributed by atoms with E-state index in [9.17, 15) is 9.59 Å². The van der Waals surface area contributed by atoms with Gasteiger partial charge >= 0.3 is 0 Å². The largest absolute Gasteiger partial charge is 0.392 e. The van der Waals surface area contributed by atoms with Crippen molar-refractivity contribution in [2.75, 3.05) is 7.05 Å². The van der Waals surface area contributed by atoms with E-state index in [1.165, 1.54) is 23.2 Å². The summed E-state index contributed by atoms with van der Waals surface area (Å²) in [5.41, 5.74) is 5.45. The van der Waals surface area contributed by atoms with Crippen molar-refractivity contribution in [1.29, 1.82) is 0 Å². The molecule has 1 atom stereocenters. The van der Waals surface area contributed by atoms with Gasteiger partial charge in [0.2, 0.25) is 5.56 Å². The third kappa shape index (κ3) is 2.66. The van der Waals surface area contributed by atoms with Crippen molar-refractivity contribution < 1.29 is 4.79 Å². The molecule has 1 heterocycles. The van der Waals surface area contributed by atoms with E-state index in [0.717, 1.165) is 0 Å². The average molecular weight is 239 g/mol. The number of likely N-dealkylation sites (N-methyl/N-ethyl adjacent to an activating group) is 1. The predicted molar refractivity (Wildman–Crippen MR) is 65.4 cm³/mol. The zero-order valence-electron chi connectivity index (χ0n) is 9.06. The number of nitrogens with one attached hydrogen (secondary N) is 1. The minimum atomic E-state index is -0.346. The monoisotopic (exact) mass is 239 g/mol. The van der Waals surface area contributed by atoms with Crippen molar-refractivity contribution in [3.63, 3.8) is 0 Å². The highest BCUT2D eigenvalue weighted by Crippen LogP contribution is 2.04. The number of carbonyl (C=O) groups is 1. The van der Waals surface area contributed by atoms with Crippen molar-refractivity contribution in [3.8, 4) is 0 Å². The molecule has 5 nitrogen and oxygen atoms in total. The summed E-state index contributed by atoms with van der Waals surface area (Å²) >= 11 is 4.81. The van der Waals surface area contributed by atoms with Crippen LogP contribution in [0.25, 0.3) is 0 Å². The van der Waals surface area contributed by atoms with Gasteiger partial charge in [0.1, 0.15) is 0 Å². The fraction of sp³-hybridized carbons (Fsp3) is 0.300. The SMILES string of the molecule is CC(C(N)=S)N(C)C(=O)c1cc[nH]c(=O)c1. The molecule has 0 aliphatic carbocycles. The molecule has 1 aromatic rings. The highest BCUT2D eigenvalue weighted by Gasteiger charge is 2.19. The summed E-state index contributed by atoms with van der Waals surface area (Å²) in [7, 11) is 1.59. The number of carbonyl (C=O) groups excluding carboxylic acids is 1. The van der Waals surface area contributed by atoms with Crippen LogP contribution in [0.2, 0.25) is 0 Å². The normalized spacial score (nSPS) is 11.9. The number of H-pyrrole nitrogens is 1. The number of thiocarbonyl (C=S) groups is 1. The van der Waals surface area contributed by atoms with Gasteiger partial charge in [-0.1, -0.05) is 12.2 Å². The Bertz CT molecular complexity index is 469. The lowest BCUT2D eigenvalue weighted by Gasteiger charge is -2.23. The summed E-state index contributed by atoms with van der Waals surface area (Å²) in [5, 5.41) is 0. The molecule has 0 radical (unpaired) electrons. The number of aromatic nitrogens is 1. The number of pyridine rings is 1. The zero-order valence-corrected chi connectivity index (χ0v) is 9.88. The first-order chi connectivity index (χ1) is 7.43. The van der Waals surface area contributed by atoms with E-state index < -0.39 is 0 Å². The second-order valence-electron chi connectivity index (χ2n) is 3.44. The highest BCUT2D eigenvalue weighted by atomic mass is 32.1. The first kappa shape index (κ1) is 12.4. The molecule has 0 saturated carbocycles. The summed E-state index contributed by atoms with van der Waals surface area (Å²) in [6.07, 6.45) is 1.43. The first-order valence-corrected chi connectivity index (χ1v) is 5.09. The van der Waals surface area contributed by atoms with Crippen LogP contribution in [0.4, 0.5) is 0 Å². The molecule has 0 saturated heterocycles. The van der Waals surface area contributed by atoms with Crippen LogP contribution in [0.3, 0.4) is 0 Å². The molecule has 86 valence electrons. The third-order valence-corrected chi connectivity index (χ3v) is 2.68. The summed E-state index contributed by atoms with van der Waals surface area (Å²) in [4.78, 5) is 27.0. The Hall–Kier alpha value is -1.69. The molecule has 6 heteroatoms. The Morgan fingerprint density at radius 2 is 2.25 bits per heavy atom. The summed E-state index contributed by atoms with van der Waals surface area (Å²) in [6, 6.07) is 2.43. The van der Waals surface area contributed by atoms with Gasteiger partial charge in [0.15, 0.2) is 0 Å². The Labute approximate surface area is 98.3 Å². The van der Waals surface area contributed by atoms with Crippen LogP contribution in [0.1, 0.15) is 17.3 Å². The number of hydrogen-bond acceptors (Lipinski definition) is 3. The van der Waals surface area contributed by atoms with Gasteiger partial charge in [-0.05, 0) is 13.0 Å². The molecule has 0 aliphatic rings. The molecule has 16 heavy (non-hydrogen) atoms. The molecular weight excluding hydrogens is 226 g/mol. The number of nitrogens with zero attached hydrogens (tertiary/aromatic N) is 1. The molecule has 0 aliphatic heterocycles. The molecular formula is C10H13N3O2S. The number of hydrogen-bond donors (Lipinski definition) is 2. The van der Waals surface area contributed by atoms with Crippen LogP contribution in [0, 0.1) is 0 Å². The maximum atomic E-state index is 11.9. The summed E-state index contributed by atoms with van der Waals surface area (Å²) < 4.78 is 0. The van der Waals surface area contributed by atoms with E-state index in [2.05, 4.69) is 4.98 Å². The van der Waals surface area contributed by atoms with Gasteiger partial charge in [-0.3, -0.25) is 9.59 Å². The van der Waals surface area contributed by atoms with Crippen molar-refractivity contribution in [2.45, 2.75) is 13.0 Å². The number of nitrogens with two attached hydrogens (primary N) is 1. The Morgan fingerprint density at radius 1 is 1.62 bits per heavy atom. The Morgan fingerprint density at radius 3 is 2.75 bits per heavy atom. The molecule has 1 aromatic heterocycles. The Kier molecular flexibility index (Phi) is 3.78. The van der Waals surface area contributed by atoms with Crippen molar-refractivity contribution >= 4 is 23.1 Å². The standard InChI is InChI=1S/C10H13N3O2S/c1-6(9(11)16)13(2)10(15)7-3-4-12-8(14)5-7/h3-6H,1-2H3,(H2,11,16)(H,12,14). The predicted octanol–water partition coefficient (Wildman–Crippen LogP) is 0.121. The van der Waals surface area contributed by atoms with E-state index in [-0.39, 0.29) is 22.5 Å². The summed E-state index contributed by atoms with van der Waals surface area (Å²) in [5.74, 6) is -0.286. The molecule has 3 N–H and O–H groups in total. The van der Waals surface area contributed by atoms with Gasteiger partial charge in [0, 0.05) is 24.9 Å². The molecule has 0 spiro atoms. The van der Waals surface area contributed by atoms with Crippen molar-refractivity contribution in [1.82, 2.24) is 9.88 Å². The third-order valence-electron chi connectivity index (χ3n) is 2.34. The van der Waals surface area contributed by atoms with Gasteiger partial charge < -0.3 is 15.6 Å². The van der Waals surface area contributed by atoms with Crippen LogP contribution in [0.15, 0.2) is 23.1 Å². The van der Waals surface area contributed by atoms with Crippen LogP contribution in [-0.4, -0.2) is 33.9 Å². The van der Waals surface area contributed by atoms with Crippen LogP contribution < -0.4 is 11.3 Å². The molecule has 1 unspecified atom stereocenters. The van der Waals surface area contributed by atoms with Crippen molar-refractivity contribution in [3.05, 3.63) is 34.2 Å². The smallest absolute Gasteiger partial charge is 0.254 e. The maximum absolute atomic E-state index is 11.9. The van der Waals surface area contributed by atoms with Gasteiger partial charge in [0.25, 0.3) is 5.91 Å². The number of rotatable bonds is 3. The van der Waals surface area contributed by atoms with Gasteiger partial charge in [-0.2, -0.15) is 0 Å². The lowest BCUT2D eigenvalue weighted by molar-refractivity contribution is 0.0778. The van der Waals surface area contributed by atoms with E-state index in [4.69, 9.17) is 18.0 Å². The van der Waals surface area contributed by atoms with Crippen LogP contribution in [0.5, 0.6) is 0 Å². The molecule has 1 rings (SSSR count). The van der Waals surface area contributed by atoms with E-state index in [0.29, 0.717) is 5.56 Å². The minimum Gasteiger partial charge on any atom is -0.392 e. The fourth-order valence-electron chi connectivity index (χ4n) is 1.15. The molecule has 0 aromatic carbocycles. The maximum Gasteiger partial charge on any atom is 0.254 e. The van der Waals surface area contributed by atoms with E-state index in [1.807, 2.05) is 0 Å². The molecule has 0 bridgehead atoms.